The maximum atomic E-state index is 13.1. The molecule has 128 valence electrons. The number of thioether (sulfide) groups is 1. The van der Waals surface area contributed by atoms with E-state index in [9.17, 15) is 14.0 Å². The summed E-state index contributed by atoms with van der Waals surface area (Å²) in [6.45, 7) is -0.000763. The molecule has 0 radical (unpaired) electrons. The largest absolute Gasteiger partial charge is 0.497 e. The summed E-state index contributed by atoms with van der Waals surface area (Å²) in [6, 6.07) is 11.0. The first-order chi connectivity index (χ1) is 12.0. The van der Waals surface area contributed by atoms with Crippen molar-refractivity contribution in [3.05, 3.63) is 69.3 Å². The van der Waals surface area contributed by atoms with E-state index >= 15 is 0 Å². The molecule has 1 aliphatic heterocycles. The molecule has 0 aromatic heterocycles. The fourth-order valence-electron chi connectivity index (χ4n) is 2.34. The van der Waals surface area contributed by atoms with E-state index in [1.807, 2.05) is 6.07 Å². The first-order valence-corrected chi connectivity index (χ1v) is 8.51. The molecular weight excluding hydrogens is 365 g/mol. The molecular formula is C18H13ClFNO3S. The minimum atomic E-state index is -0.471. The van der Waals surface area contributed by atoms with Crippen molar-refractivity contribution >= 4 is 40.6 Å². The maximum absolute atomic E-state index is 13.1. The van der Waals surface area contributed by atoms with E-state index in [0.29, 0.717) is 16.2 Å². The van der Waals surface area contributed by atoms with Gasteiger partial charge in [-0.05, 0) is 53.2 Å². The molecule has 2 aromatic carbocycles. The lowest BCUT2D eigenvalue weighted by Gasteiger charge is -2.13. The number of carbonyl (C=O) groups is 2. The number of rotatable bonds is 4. The zero-order valence-corrected chi connectivity index (χ0v) is 14.7. The quantitative estimate of drug-likeness (QED) is 0.723. The van der Waals surface area contributed by atoms with Crippen LogP contribution >= 0.6 is 23.4 Å². The highest BCUT2D eigenvalue weighted by Crippen LogP contribution is 2.34. The Labute approximate surface area is 153 Å². The van der Waals surface area contributed by atoms with Gasteiger partial charge in [0.05, 0.1) is 18.6 Å². The smallest absolute Gasteiger partial charge is 0.293 e. The van der Waals surface area contributed by atoms with Gasteiger partial charge < -0.3 is 4.74 Å². The van der Waals surface area contributed by atoms with Crippen LogP contribution in [0, 0.1) is 5.82 Å². The van der Waals surface area contributed by atoms with Gasteiger partial charge in [-0.2, -0.15) is 0 Å². The van der Waals surface area contributed by atoms with Gasteiger partial charge in [0.1, 0.15) is 11.6 Å². The SMILES string of the molecule is COc1cccc(/C=C2/SC(=O)N(Cc3ccc(F)cc3Cl)C2=O)c1. The van der Waals surface area contributed by atoms with Crippen LogP contribution in [-0.2, 0) is 11.3 Å². The highest BCUT2D eigenvalue weighted by atomic mass is 35.5. The summed E-state index contributed by atoms with van der Waals surface area (Å²) in [5, 5.41) is -0.213. The third kappa shape index (κ3) is 3.86. The van der Waals surface area contributed by atoms with Gasteiger partial charge in [0.25, 0.3) is 11.1 Å². The maximum Gasteiger partial charge on any atom is 0.293 e. The molecule has 1 saturated heterocycles. The molecule has 2 aromatic rings. The molecule has 3 rings (SSSR count). The molecule has 0 unspecified atom stereocenters. The molecule has 2 amide bonds. The molecule has 25 heavy (non-hydrogen) atoms. The number of benzene rings is 2. The molecule has 7 heteroatoms. The predicted molar refractivity (Wildman–Crippen MR) is 95.9 cm³/mol. The lowest BCUT2D eigenvalue weighted by atomic mass is 10.2. The molecule has 1 heterocycles. The number of methoxy groups -OCH3 is 1. The van der Waals surface area contributed by atoms with Crippen LogP contribution < -0.4 is 4.74 Å². The number of carbonyl (C=O) groups excluding carboxylic acids is 2. The average Bonchev–Trinajstić information content (AvgIpc) is 2.84. The molecule has 1 fully saturated rings. The minimum Gasteiger partial charge on any atom is -0.497 e. The van der Waals surface area contributed by atoms with Crippen molar-refractivity contribution in [2.75, 3.05) is 7.11 Å². The topological polar surface area (TPSA) is 46.6 Å². The molecule has 0 atom stereocenters. The predicted octanol–water partition coefficient (Wildman–Crippen LogP) is 4.72. The number of ether oxygens (including phenoxy) is 1. The zero-order valence-electron chi connectivity index (χ0n) is 13.2. The Hall–Kier alpha value is -2.31. The van der Waals surface area contributed by atoms with Crippen LogP contribution in [-0.4, -0.2) is 23.2 Å². The summed E-state index contributed by atoms with van der Waals surface area (Å²) in [4.78, 5) is 26.1. The molecule has 0 N–H and O–H groups in total. The Kier molecular flexibility index (Phi) is 5.11. The third-order valence-electron chi connectivity index (χ3n) is 3.61. The van der Waals surface area contributed by atoms with Crippen LogP contribution in [0.2, 0.25) is 5.02 Å². The Bertz CT molecular complexity index is 884. The first-order valence-electron chi connectivity index (χ1n) is 7.31. The van der Waals surface area contributed by atoms with E-state index in [1.54, 1.807) is 31.4 Å². The number of amides is 2. The number of imide groups is 1. The second kappa shape index (κ2) is 7.29. The van der Waals surface area contributed by atoms with Gasteiger partial charge in [0.2, 0.25) is 0 Å². The zero-order chi connectivity index (χ0) is 18.0. The van der Waals surface area contributed by atoms with E-state index in [-0.39, 0.29) is 16.8 Å². The van der Waals surface area contributed by atoms with Crippen LogP contribution in [0.25, 0.3) is 6.08 Å². The summed E-state index contributed by atoms with van der Waals surface area (Å²) in [5.74, 6) is -0.218. The van der Waals surface area contributed by atoms with Gasteiger partial charge in [-0.25, -0.2) is 4.39 Å². The molecule has 0 aliphatic carbocycles. The van der Waals surface area contributed by atoms with Gasteiger partial charge in [-0.15, -0.1) is 0 Å². The normalized spacial score (nSPS) is 16.0. The first kappa shape index (κ1) is 17.5. The molecule has 0 saturated carbocycles. The Balaban J connectivity index is 1.83. The molecule has 1 aliphatic rings. The van der Waals surface area contributed by atoms with Crippen molar-refractivity contribution in [1.82, 2.24) is 4.90 Å². The second-order valence-electron chi connectivity index (χ2n) is 5.28. The van der Waals surface area contributed by atoms with Crippen molar-refractivity contribution in [3.63, 3.8) is 0 Å². The molecule has 4 nitrogen and oxygen atoms in total. The van der Waals surface area contributed by atoms with E-state index in [2.05, 4.69) is 0 Å². The monoisotopic (exact) mass is 377 g/mol. The Morgan fingerprint density at radius 3 is 2.76 bits per heavy atom. The van der Waals surface area contributed by atoms with E-state index in [1.165, 1.54) is 12.1 Å². The molecule has 0 bridgehead atoms. The van der Waals surface area contributed by atoms with Crippen LogP contribution in [0.3, 0.4) is 0 Å². The van der Waals surface area contributed by atoms with Gasteiger partial charge in [-0.1, -0.05) is 29.8 Å². The van der Waals surface area contributed by atoms with Crippen molar-refractivity contribution in [1.29, 1.82) is 0 Å². The summed E-state index contributed by atoms with van der Waals surface area (Å²) in [5.41, 5.74) is 1.26. The van der Waals surface area contributed by atoms with E-state index in [0.717, 1.165) is 28.3 Å². The van der Waals surface area contributed by atoms with Crippen molar-refractivity contribution in [2.24, 2.45) is 0 Å². The van der Waals surface area contributed by atoms with Crippen LogP contribution in [0.15, 0.2) is 47.4 Å². The summed E-state index contributed by atoms with van der Waals surface area (Å²) < 4.78 is 18.3. The fraction of sp³-hybridized carbons (Fsp3) is 0.111. The summed E-state index contributed by atoms with van der Waals surface area (Å²) in [7, 11) is 1.55. The van der Waals surface area contributed by atoms with Crippen molar-refractivity contribution in [2.45, 2.75) is 6.54 Å². The van der Waals surface area contributed by atoms with E-state index < -0.39 is 11.7 Å². The molecule has 0 spiro atoms. The van der Waals surface area contributed by atoms with E-state index in [4.69, 9.17) is 16.3 Å². The standard InChI is InChI=1S/C18H13ClFNO3S/c1-24-14-4-2-3-11(7-14)8-16-17(22)21(18(23)25-16)10-12-5-6-13(20)9-15(12)19/h2-9H,10H2,1H3/b16-8+. The highest BCUT2D eigenvalue weighted by Gasteiger charge is 2.35. The van der Waals surface area contributed by atoms with Crippen molar-refractivity contribution < 1.29 is 18.7 Å². The van der Waals surface area contributed by atoms with Crippen LogP contribution in [0.4, 0.5) is 9.18 Å². The number of hydrogen-bond acceptors (Lipinski definition) is 4. The van der Waals surface area contributed by atoms with Gasteiger partial charge in [0, 0.05) is 5.02 Å². The lowest BCUT2D eigenvalue weighted by molar-refractivity contribution is -0.123. The lowest BCUT2D eigenvalue weighted by Crippen LogP contribution is -2.27. The Morgan fingerprint density at radius 1 is 1.24 bits per heavy atom. The fourth-order valence-corrected chi connectivity index (χ4v) is 3.40. The third-order valence-corrected chi connectivity index (χ3v) is 4.87. The Morgan fingerprint density at radius 2 is 2.04 bits per heavy atom. The summed E-state index contributed by atoms with van der Waals surface area (Å²) in [6.07, 6.45) is 1.64. The highest BCUT2D eigenvalue weighted by molar-refractivity contribution is 8.18. The van der Waals surface area contributed by atoms with Crippen LogP contribution in [0.5, 0.6) is 5.75 Å². The minimum absolute atomic E-state index is 0.000763. The average molecular weight is 378 g/mol. The van der Waals surface area contributed by atoms with Gasteiger partial charge in [0.15, 0.2) is 0 Å². The number of halogens is 2. The second-order valence-corrected chi connectivity index (χ2v) is 6.68. The van der Waals surface area contributed by atoms with Crippen LogP contribution in [0.1, 0.15) is 11.1 Å². The van der Waals surface area contributed by atoms with Gasteiger partial charge >= 0.3 is 0 Å². The van der Waals surface area contributed by atoms with Gasteiger partial charge in [-0.3, -0.25) is 14.5 Å². The number of hydrogen-bond donors (Lipinski definition) is 0. The van der Waals surface area contributed by atoms with Crippen molar-refractivity contribution in [3.8, 4) is 5.75 Å². The number of nitrogens with zero attached hydrogens (tertiary/aromatic N) is 1. The summed E-state index contributed by atoms with van der Waals surface area (Å²) >= 11 is 6.84.